The summed E-state index contributed by atoms with van der Waals surface area (Å²) in [6.07, 6.45) is 5.02. The summed E-state index contributed by atoms with van der Waals surface area (Å²) in [4.78, 5) is 22.6. The highest BCUT2D eigenvalue weighted by molar-refractivity contribution is 5.95. The van der Waals surface area contributed by atoms with Crippen LogP contribution in [0, 0.1) is 28.3 Å². The Balaban J connectivity index is 3.13. The number of carbonyl (C=O) groups excluding carboxylic acids is 1. The third-order valence-corrected chi connectivity index (χ3v) is 2.07. The van der Waals surface area contributed by atoms with Gasteiger partial charge in [-0.3, -0.25) is 14.9 Å². The van der Waals surface area contributed by atoms with Crippen molar-refractivity contribution < 1.29 is 14.1 Å². The first-order chi connectivity index (χ1) is 7.97. The van der Waals surface area contributed by atoms with Gasteiger partial charge < -0.3 is 4.90 Å². The van der Waals surface area contributed by atoms with Crippen LogP contribution in [0.3, 0.4) is 0 Å². The molecule has 0 radical (unpaired) electrons. The van der Waals surface area contributed by atoms with Gasteiger partial charge in [0.1, 0.15) is 5.82 Å². The number of carbonyl (C=O) groups is 1. The topological polar surface area (TPSA) is 63.5 Å². The lowest BCUT2D eigenvalue weighted by molar-refractivity contribution is -0.384. The molecule has 0 aromatic heterocycles. The fourth-order valence-electron chi connectivity index (χ4n) is 1.21. The van der Waals surface area contributed by atoms with Gasteiger partial charge in [0, 0.05) is 19.2 Å². The van der Waals surface area contributed by atoms with Crippen molar-refractivity contribution >= 4 is 11.6 Å². The van der Waals surface area contributed by atoms with Crippen molar-refractivity contribution in [1.82, 2.24) is 4.90 Å². The Hall–Kier alpha value is -2.42. The molecule has 0 aliphatic carbocycles. The molecular weight excluding hydrogens is 227 g/mol. The Kier molecular flexibility index (Phi) is 3.78. The number of non-ortho nitro benzene ring substituents is 1. The summed E-state index contributed by atoms with van der Waals surface area (Å²) in [6.45, 7) is 0.000958. The second-order valence-electron chi connectivity index (χ2n) is 3.29. The number of hydrogen-bond donors (Lipinski definition) is 0. The standard InChI is InChI=1S/C11H9FN2O3/c1-3-6-13(2)11(15)9-7-8(14(16)17)4-5-10(9)12/h1,4-5,7H,6H2,2H3. The van der Waals surface area contributed by atoms with Crippen LogP contribution in [0.1, 0.15) is 10.4 Å². The zero-order chi connectivity index (χ0) is 13.0. The number of nitro groups is 1. The molecule has 0 aliphatic rings. The second kappa shape index (κ2) is 5.07. The van der Waals surface area contributed by atoms with E-state index in [0.29, 0.717) is 0 Å². The first kappa shape index (κ1) is 12.6. The molecule has 0 saturated carbocycles. The molecule has 1 rings (SSSR count). The molecule has 0 atom stereocenters. The number of terminal acetylenes is 1. The molecule has 0 spiro atoms. The van der Waals surface area contributed by atoms with Crippen LogP contribution in [0.25, 0.3) is 0 Å². The predicted molar refractivity (Wildman–Crippen MR) is 58.8 cm³/mol. The Morgan fingerprint density at radius 1 is 1.65 bits per heavy atom. The molecule has 0 N–H and O–H groups in total. The summed E-state index contributed by atoms with van der Waals surface area (Å²) in [7, 11) is 1.39. The fourth-order valence-corrected chi connectivity index (χ4v) is 1.21. The molecule has 0 fully saturated rings. The van der Waals surface area contributed by atoms with Gasteiger partial charge in [0.25, 0.3) is 11.6 Å². The van der Waals surface area contributed by atoms with Crippen LogP contribution in [-0.2, 0) is 0 Å². The van der Waals surface area contributed by atoms with Gasteiger partial charge in [0.05, 0.1) is 17.0 Å². The summed E-state index contributed by atoms with van der Waals surface area (Å²) >= 11 is 0. The van der Waals surface area contributed by atoms with Crippen LogP contribution < -0.4 is 0 Å². The summed E-state index contributed by atoms with van der Waals surface area (Å²) in [5.41, 5.74) is -0.708. The number of hydrogen-bond acceptors (Lipinski definition) is 3. The Bertz CT molecular complexity index is 508. The smallest absolute Gasteiger partial charge is 0.270 e. The Morgan fingerprint density at radius 2 is 2.29 bits per heavy atom. The number of halogens is 1. The zero-order valence-corrected chi connectivity index (χ0v) is 9.01. The minimum Gasteiger partial charge on any atom is -0.330 e. The highest BCUT2D eigenvalue weighted by Crippen LogP contribution is 2.17. The quantitative estimate of drug-likeness (QED) is 0.453. The maximum atomic E-state index is 13.4. The van der Waals surface area contributed by atoms with Crippen molar-refractivity contribution in [2.75, 3.05) is 13.6 Å². The van der Waals surface area contributed by atoms with Crippen molar-refractivity contribution in [1.29, 1.82) is 0 Å². The summed E-state index contributed by atoms with van der Waals surface area (Å²) in [6, 6.07) is 2.77. The van der Waals surface area contributed by atoms with E-state index in [-0.39, 0.29) is 17.8 Å². The lowest BCUT2D eigenvalue weighted by Crippen LogP contribution is -2.27. The molecule has 88 valence electrons. The van der Waals surface area contributed by atoms with Gasteiger partial charge >= 0.3 is 0 Å². The molecule has 0 aliphatic heterocycles. The molecule has 6 heteroatoms. The van der Waals surface area contributed by atoms with Crippen molar-refractivity contribution in [2.45, 2.75) is 0 Å². The average Bonchev–Trinajstić information content (AvgIpc) is 2.28. The number of nitro benzene ring substituents is 1. The normalized spacial score (nSPS) is 9.47. The highest BCUT2D eigenvalue weighted by atomic mass is 19.1. The first-order valence-corrected chi connectivity index (χ1v) is 4.60. The monoisotopic (exact) mass is 236 g/mol. The van der Waals surface area contributed by atoms with E-state index in [2.05, 4.69) is 5.92 Å². The molecule has 1 aromatic rings. The molecular formula is C11H9FN2O3. The van der Waals surface area contributed by atoms with E-state index in [1.165, 1.54) is 7.05 Å². The van der Waals surface area contributed by atoms with Gasteiger partial charge in [-0.05, 0) is 6.07 Å². The van der Waals surface area contributed by atoms with Crippen LogP contribution in [-0.4, -0.2) is 29.3 Å². The molecule has 1 aromatic carbocycles. The first-order valence-electron chi connectivity index (χ1n) is 4.60. The van der Waals surface area contributed by atoms with Gasteiger partial charge in [-0.2, -0.15) is 0 Å². The zero-order valence-electron chi connectivity index (χ0n) is 9.01. The van der Waals surface area contributed by atoms with E-state index >= 15 is 0 Å². The SMILES string of the molecule is C#CCN(C)C(=O)c1cc([N+](=O)[O-])ccc1F. The Morgan fingerprint density at radius 3 is 2.82 bits per heavy atom. The van der Waals surface area contributed by atoms with E-state index < -0.39 is 16.6 Å². The summed E-state index contributed by atoms with van der Waals surface area (Å²) in [5.74, 6) is 0.718. The van der Waals surface area contributed by atoms with Crippen molar-refractivity contribution in [3.63, 3.8) is 0 Å². The van der Waals surface area contributed by atoms with Gasteiger partial charge in [0.2, 0.25) is 0 Å². The van der Waals surface area contributed by atoms with Gasteiger partial charge in [-0.15, -0.1) is 6.42 Å². The van der Waals surface area contributed by atoms with Crippen LogP contribution in [0.5, 0.6) is 0 Å². The van der Waals surface area contributed by atoms with Gasteiger partial charge in [-0.1, -0.05) is 5.92 Å². The fraction of sp³-hybridized carbons (Fsp3) is 0.182. The largest absolute Gasteiger partial charge is 0.330 e. The summed E-state index contributed by atoms with van der Waals surface area (Å²) in [5, 5.41) is 10.5. The van der Waals surface area contributed by atoms with Crippen molar-refractivity contribution in [3.05, 3.63) is 39.7 Å². The molecule has 5 nitrogen and oxygen atoms in total. The van der Waals surface area contributed by atoms with Crippen LogP contribution in [0.15, 0.2) is 18.2 Å². The second-order valence-corrected chi connectivity index (χ2v) is 3.29. The third-order valence-electron chi connectivity index (χ3n) is 2.07. The van der Waals surface area contributed by atoms with E-state index in [1.54, 1.807) is 0 Å². The maximum Gasteiger partial charge on any atom is 0.270 e. The molecule has 0 heterocycles. The Labute approximate surface area is 97.0 Å². The molecule has 0 saturated heterocycles. The van der Waals surface area contributed by atoms with Gasteiger partial charge in [0.15, 0.2) is 0 Å². The van der Waals surface area contributed by atoms with Crippen LogP contribution in [0.2, 0.25) is 0 Å². The lowest BCUT2D eigenvalue weighted by atomic mass is 10.1. The van der Waals surface area contributed by atoms with Crippen LogP contribution >= 0.6 is 0 Å². The van der Waals surface area contributed by atoms with E-state index in [1.807, 2.05) is 0 Å². The molecule has 0 unspecified atom stereocenters. The predicted octanol–water partition coefficient (Wildman–Crippen LogP) is 1.44. The van der Waals surface area contributed by atoms with Crippen molar-refractivity contribution in [2.24, 2.45) is 0 Å². The third kappa shape index (κ3) is 2.78. The molecule has 17 heavy (non-hydrogen) atoms. The van der Waals surface area contributed by atoms with E-state index in [9.17, 15) is 19.3 Å². The van der Waals surface area contributed by atoms with E-state index in [0.717, 1.165) is 23.1 Å². The highest BCUT2D eigenvalue weighted by Gasteiger charge is 2.19. The maximum absolute atomic E-state index is 13.4. The number of rotatable bonds is 3. The van der Waals surface area contributed by atoms with Gasteiger partial charge in [-0.25, -0.2) is 4.39 Å². The van der Waals surface area contributed by atoms with Crippen LogP contribution in [0.4, 0.5) is 10.1 Å². The minimum absolute atomic E-state index is 0.000958. The number of amides is 1. The average molecular weight is 236 g/mol. The van der Waals surface area contributed by atoms with E-state index in [4.69, 9.17) is 6.42 Å². The number of nitrogens with zero attached hydrogens (tertiary/aromatic N) is 2. The molecule has 1 amide bonds. The minimum atomic E-state index is -0.815. The number of benzene rings is 1. The molecule has 0 bridgehead atoms. The van der Waals surface area contributed by atoms with Crippen molar-refractivity contribution in [3.8, 4) is 12.3 Å². The lowest BCUT2D eigenvalue weighted by Gasteiger charge is -2.13. The summed E-state index contributed by atoms with van der Waals surface area (Å²) < 4.78 is 13.4.